The molecule has 5 rings (SSSR count). The van der Waals surface area contributed by atoms with E-state index in [1.165, 1.54) is 6.08 Å². The van der Waals surface area contributed by atoms with Gasteiger partial charge in [0.15, 0.2) is 0 Å². The summed E-state index contributed by atoms with van der Waals surface area (Å²) >= 11 is 0.819. The van der Waals surface area contributed by atoms with Crippen LogP contribution in [0, 0.1) is 0 Å². The molecule has 3 aromatic rings. The molecule has 0 saturated carbocycles. The lowest BCUT2D eigenvalue weighted by molar-refractivity contribution is -0.115. The average molecular weight is 513 g/mol. The Bertz CT molecular complexity index is 1420. The maximum atomic E-state index is 13.1. The minimum atomic E-state index is -3.57. The molecule has 35 heavy (non-hydrogen) atoms. The van der Waals surface area contributed by atoms with Gasteiger partial charge in [-0.25, -0.2) is 8.42 Å². The van der Waals surface area contributed by atoms with Crippen LogP contribution in [0.1, 0.15) is 19.1 Å². The maximum Gasteiger partial charge on any atom is 0.290 e. The van der Waals surface area contributed by atoms with Crippen molar-refractivity contribution < 1.29 is 22.4 Å². The van der Waals surface area contributed by atoms with E-state index in [2.05, 4.69) is 22.1 Å². The van der Waals surface area contributed by atoms with Crippen LogP contribution in [0.15, 0.2) is 56.9 Å². The summed E-state index contributed by atoms with van der Waals surface area (Å²) in [7, 11) is -3.57. The molecule has 1 aromatic carbocycles. The number of hydrogen-bond donors (Lipinski definition) is 1. The van der Waals surface area contributed by atoms with Gasteiger partial charge in [0.1, 0.15) is 11.3 Å². The van der Waals surface area contributed by atoms with Crippen LogP contribution >= 0.6 is 11.8 Å². The van der Waals surface area contributed by atoms with E-state index in [1.54, 1.807) is 47.0 Å². The molecule has 4 heterocycles. The highest BCUT2D eigenvalue weighted by atomic mass is 32.2. The van der Waals surface area contributed by atoms with Gasteiger partial charge in [-0.15, -0.1) is 0 Å². The normalized spacial score (nSPS) is 19.1. The number of sulfonamides is 1. The van der Waals surface area contributed by atoms with Gasteiger partial charge in [0.05, 0.1) is 9.80 Å². The first-order valence-corrected chi connectivity index (χ1v) is 13.6. The first-order valence-electron chi connectivity index (χ1n) is 11.3. The lowest BCUT2D eigenvalue weighted by Crippen LogP contribution is -2.48. The van der Waals surface area contributed by atoms with Crippen LogP contribution in [0.3, 0.4) is 0 Å². The molecule has 2 saturated heterocycles. The van der Waals surface area contributed by atoms with E-state index < -0.39 is 21.2 Å². The molecule has 2 amide bonds. The highest BCUT2D eigenvalue weighted by molar-refractivity contribution is 8.18. The Hall–Kier alpha value is -2.99. The van der Waals surface area contributed by atoms with Gasteiger partial charge in [-0.2, -0.15) is 4.31 Å². The summed E-state index contributed by atoms with van der Waals surface area (Å²) in [6, 6.07) is 8.46. The average Bonchev–Trinajstić information content (AvgIpc) is 3.41. The molecule has 0 radical (unpaired) electrons. The van der Waals surface area contributed by atoms with Gasteiger partial charge in [-0.3, -0.25) is 19.9 Å². The van der Waals surface area contributed by atoms with Crippen molar-refractivity contribution >= 4 is 50.0 Å². The first kappa shape index (κ1) is 23.7. The van der Waals surface area contributed by atoms with Crippen molar-refractivity contribution in [3.05, 3.63) is 53.4 Å². The first-order chi connectivity index (χ1) is 16.8. The van der Waals surface area contributed by atoms with E-state index >= 15 is 0 Å². The summed E-state index contributed by atoms with van der Waals surface area (Å²) in [6.07, 6.45) is 5.87. The van der Waals surface area contributed by atoms with Crippen molar-refractivity contribution in [1.29, 1.82) is 0 Å². The van der Waals surface area contributed by atoms with Gasteiger partial charge in [-0.1, -0.05) is 19.1 Å². The number of benzene rings is 1. The molecule has 182 valence electrons. The molecular weight excluding hydrogens is 488 g/mol. The predicted octanol–water partition coefficient (Wildman–Crippen LogP) is 3.54. The highest BCUT2D eigenvalue weighted by Crippen LogP contribution is 2.33. The van der Waals surface area contributed by atoms with Crippen LogP contribution in [0.5, 0.6) is 0 Å². The van der Waals surface area contributed by atoms with Crippen LogP contribution in [0.2, 0.25) is 0 Å². The SMILES string of the molecule is CCCN1CCN(S(=O)(=O)c2ccc(-c3cncc4cc(/C=C5/SC(=O)NC5=O)oc34)cc2)CC1. The zero-order valence-electron chi connectivity index (χ0n) is 19.1. The fourth-order valence-corrected chi connectivity index (χ4v) is 6.36. The van der Waals surface area contributed by atoms with Crippen molar-refractivity contribution in [3.8, 4) is 11.1 Å². The summed E-state index contributed by atoms with van der Waals surface area (Å²) in [6.45, 7) is 5.56. The Morgan fingerprint density at radius 1 is 1.11 bits per heavy atom. The van der Waals surface area contributed by atoms with Crippen molar-refractivity contribution in [2.75, 3.05) is 32.7 Å². The topological polar surface area (TPSA) is 113 Å². The van der Waals surface area contributed by atoms with E-state index in [0.717, 1.165) is 48.8 Å². The summed E-state index contributed by atoms with van der Waals surface area (Å²) < 4.78 is 33.8. The summed E-state index contributed by atoms with van der Waals surface area (Å²) in [5.41, 5.74) is 2.01. The number of imide groups is 1. The third-order valence-electron chi connectivity index (χ3n) is 6.03. The van der Waals surface area contributed by atoms with E-state index in [9.17, 15) is 18.0 Å². The van der Waals surface area contributed by atoms with Crippen molar-refractivity contribution in [2.45, 2.75) is 18.2 Å². The smallest absolute Gasteiger partial charge is 0.290 e. The predicted molar refractivity (Wildman–Crippen MR) is 134 cm³/mol. The molecular formula is C24H24N4O5S2. The van der Waals surface area contributed by atoms with Crippen molar-refractivity contribution in [1.82, 2.24) is 19.5 Å². The van der Waals surface area contributed by atoms with E-state index in [-0.39, 0.29) is 9.80 Å². The van der Waals surface area contributed by atoms with Gasteiger partial charge in [0.25, 0.3) is 11.1 Å². The molecule has 0 aliphatic carbocycles. The van der Waals surface area contributed by atoms with Crippen LogP contribution in [-0.2, 0) is 14.8 Å². The molecule has 11 heteroatoms. The number of thioether (sulfide) groups is 1. The molecule has 2 aliphatic rings. The fourth-order valence-electron chi connectivity index (χ4n) is 4.27. The quantitative estimate of drug-likeness (QED) is 0.499. The zero-order valence-corrected chi connectivity index (χ0v) is 20.7. The molecule has 1 N–H and O–H groups in total. The number of hydrogen-bond acceptors (Lipinski definition) is 8. The summed E-state index contributed by atoms with van der Waals surface area (Å²) in [5, 5.41) is 2.52. The number of rotatable bonds is 6. The van der Waals surface area contributed by atoms with E-state index in [1.807, 2.05) is 0 Å². The number of aromatic nitrogens is 1. The third-order valence-corrected chi connectivity index (χ3v) is 8.75. The second-order valence-corrected chi connectivity index (χ2v) is 11.3. The molecule has 0 atom stereocenters. The number of furan rings is 1. The second-order valence-electron chi connectivity index (χ2n) is 8.38. The Balaban J connectivity index is 1.39. The van der Waals surface area contributed by atoms with Gasteiger partial charge >= 0.3 is 0 Å². The number of pyridine rings is 1. The number of fused-ring (bicyclic) bond motifs is 1. The van der Waals surface area contributed by atoms with Gasteiger partial charge < -0.3 is 9.32 Å². The number of carbonyl (C=O) groups is 2. The van der Waals surface area contributed by atoms with Crippen LogP contribution in [-0.4, -0.2) is 66.5 Å². The third kappa shape index (κ3) is 4.76. The minimum Gasteiger partial charge on any atom is -0.456 e. The minimum absolute atomic E-state index is 0.254. The Morgan fingerprint density at radius 2 is 1.86 bits per heavy atom. The highest BCUT2D eigenvalue weighted by Gasteiger charge is 2.28. The lowest BCUT2D eigenvalue weighted by atomic mass is 10.1. The van der Waals surface area contributed by atoms with Gasteiger partial charge in [0, 0.05) is 55.6 Å². The van der Waals surface area contributed by atoms with Crippen molar-refractivity contribution in [2.24, 2.45) is 0 Å². The monoisotopic (exact) mass is 512 g/mol. The Labute approximate surface area is 207 Å². The fraction of sp³-hybridized carbons (Fsp3) is 0.292. The Kier molecular flexibility index (Phi) is 6.49. The van der Waals surface area contributed by atoms with Crippen LogP contribution in [0.25, 0.3) is 28.2 Å². The summed E-state index contributed by atoms with van der Waals surface area (Å²) in [4.78, 5) is 30.3. The van der Waals surface area contributed by atoms with Crippen LogP contribution < -0.4 is 5.32 Å². The van der Waals surface area contributed by atoms with E-state index in [4.69, 9.17) is 4.42 Å². The molecule has 9 nitrogen and oxygen atoms in total. The zero-order chi connectivity index (χ0) is 24.6. The second kappa shape index (κ2) is 9.57. The number of nitrogens with one attached hydrogen (secondary N) is 1. The number of piperazine rings is 1. The standard InChI is InChI=1S/C24H24N4O5S2/c1-2-7-27-8-10-28(11-9-27)35(31,32)19-5-3-16(4-6-19)20-15-25-14-17-12-18(33-22(17)20)13-21-23(29)26-24(30)34-21/h3-6,12-15H,2,7-11H2,1H3,(H,26,29,30)/b21-13+. The molecule has 0 unspecified atom stereocenters. The summed E-state index contributed by atoms with van der Waals surface area (Å²) in [5.74, 6) is -0.0367. The number of amides is 2. The van der Waals surface area contributed by atoms with Crippen molar-refractivity contribution in [3.63, 3.8) is 0 Å². The molecule has 2 aromatic heterocycles. The maximum absolute atomic E-state index is 13.1. The largest absolute Gasteiger partial charge is 0.456 e. The Morgan fingerprint density at radius 3 is 2.51 bits per heavy atom. The van der Waals surface area contributed by atoms with Gasteiger partial charge in [0.2, 0.25) is 10.0 Å². The lowest BCUT2D eigenvalue weighted by Gasteiger charge is -2.33. The van der Waals surface area contributed by atoms with Gasteiger partial charge in [-0.05, 0) is 48.5 Å². The molecule has 0 bridgehead atoms. The molecule has 0 spiro atoms. The number of carbonyl (C=O) groups excluding carboxylic acids is 2. The van der Waals surface area contributed by atoms with E-state index in [0.29, 0.717) is 30.0 Å². The molecule has 2 aliphatic heterocycles. The van der Waals surface area contributed by atoms with Crippen LogP contribution in [0.4, 0.5) is 4.79 Å². The number of nitrogens with zero attached hydrogens (tertiary/aromatic N) is 3. The molecule has 2 fully saturated rings.